The number of aromatic nitrogens is 1. The minimum Gasteiger partial charge on any atom is -0.341 e. The van der Waals surface area contributed by atoms with E-state index in [0.717, 1.165) is 19.6 Å². The van der Waals surface area contributed by atoms with E-state index in [4.69, 9.17) is 0 Å². The number of carbonyl (C=O) groups is 1. The molecule has 2 rings (SSSR count). The lowest BCUT2D eigenvalue weighted by molar-refractivity contribution is -0.132. The molecule has 0 unspecified atom stereocenters. The van der Waals surface area contributed by atoms with E-state index in [9.17, 15) is 4.79 Å². The number of rotatable bonds is 7. The van der Waals surface area contributed by atoms with Crippen molar-refractivity contribution >= 4 is 5.91 Å². The van der Waals surface area contributed by atoms with Crippen LogP contribution in [0.4, 0.5) is 0 Å². The molecule has 1 aromatic rings. The summed E-state index contributed by atoms with van der Waals surface area (Å²) in [5.74, 6) is 0.244. The van der Waals surface area contributed by atoms with E-state index in [2.05, 4.69) is 29.8 Å². The molecule has 1 heterocycles. The Balaban J connectivity index is 1.95. The van der Waals surface area contributed by atoms with E-state index in [1.54, 1.807) is 0 Å². The summed E-state index contributed by atoms with van der Waals surface area (Å²) in [6.45, 7) is 7.22. The molecule has 1 aliphatic carbocycles. The van der Waals surface area contributed by atoms with E-state index in [-0.39, 0.29) is 5.91 Å². The van der Waals surface area contributed by atoms with Crippen molar-refractivity contribution in [2.24, 2.45) is 0 Å². The Bertz CT molecular complexity index is 395. The lowest BCUT2D eigenvalue weighted by atomic mass is 10.4. The van der Waals surface area contributed by atoms with Gasteiger partial charge in [-0.25, -0.2) is 0 Å². The molecule has 0 saturated heterocycles. The number of likely N-dealkylation sites (N-methyl/N-ethyl adjacent to an activating group) is 1. The van der Waals surface area contributed by atoms with Crippen molar-refractivity contribution in [3.05, 3.63) is 24.0 Å². The summed E-state index contributed by atoms with van der Waals surface area (Å²) in [5.41, 5.74) is 1.18. The largest absolute Gasteiger partial charge is 0.341 e. The van der Waals surface area contributed by atoms with Gasteiger partial charge >= 0.3 is 0 Å². The Morgan fingerprint density at radius 2 is 2.28 bits per heavy atom. The van der Waals surface area contributed by atoms with Gasteiger partial charge in [-0.1, -0.05) is 6.92 Å². The van der Waals surface area contributed by atoms with Gasteiger partial charge in [-0.05, 0) is 38.4 Å². The van der Waals surface area contributed by atoms with Crippen molar-refractivity contribution in [1.82, 2.24) is 14.8 Å². The van der Waals surface area contributed by atoms with Gasteiger partial charge in [0.05, 0.1) is 0 Å². The fourth-order valence-corrected chi connectivity index (χ4v) is 2.28. The molecule has 1 amide bonds. The zero-order valence-corrected chi connectivity index (χ0v) is 11.4. The van der Waals surface area contributed by atoms with Gasteiger partial charge in [0.15, 0.2) is 0 Å². The molecule has 0 spiro atoms. The summed E-state index contributed by atoms with van der Waals surface area (Å²) in [7, 11) is 0. The SMILES string of the molecule is CCNCc1cccn1CC(=O)N(CC)C1CC1. The van der Waals surface area contributed by atoms with Crippen LogP contribution in [0, 0.1) is 0 Å². The normalized spacial score (nSPS) is 14.8. The highest BCUT2D eigenvalue weighted by atomic mass is 16.2. The minimum atomic E-state index is 0.244. The van der Waals surface area contributed by atoms with Gasteiger partial charge in [-0.2, -0.15) is 0 Å². The topological polar surface area (TPSA) is 37.3 Å². The second-order valence-corrected chi connectivity index (χ2v) is 4.82. The Kier molecular flexibility index (Phi) is 4.42. The lowest BCUT2D eigenvalue weighted by Gasteiger charge is -2.21. The van der Waals surface area contributed by atoms with Gasteiger partial charge in [0, 0.05) is 31.0 Å². The molecular formula is C14H23N3O. The fourth-order valence-electron chi connectivity index (χ4n) is 2.28. The monoisotopic (exact) mass is 249 g/mol. The quantitative estimate of drug-likeness (QED) is 0.797. The second-order valence-electron chi connectivity index (χ2n) is 4.82. The predicted molar refractivity (Wildman–Crippen MR) is 72.2 cm³/mol. The lowest BCUT2D eigenvalue weighted by Crippen LogP contribution is -2.35. The summed E-state index contributed by atoms with van der Waals surface area (Å²) < 4.78 is 2.05. The molecule has 0 aliphatic heterocycles. The molecule has 1 saturated carbocycles. The van der Waals surface area contributed by atoms with Crippen LogP contribution in [-0.4, -0.2) is 34.5 Å². The Morgan fingerprint density at radius 3 is 2.89 bits per heavy atom. The van der Waals surface area contributed by atoms with Crippen molar-refractivity contribution in [3.63, 3.8) is 0 Å². The highest BCUT2D eigenvalue weighted by Gasteiger charge is 2.31. The van der Waals surface area contributed by atoms with Gasteiger partial charge < -0.3 is 14.8 Å². The van der Waals surface area contributed by atoms with Crippen LogP contribution in [0.25, 0.3) is 0 Å². The molecular weight excluding hydrogens is 226 g/mol. The van der Waals surface area contributed by atoms with Gasteiger partial charge in [0.2, 0.25) is 5.91 Å². The van der Waals surface area contributed by atoms with E-state index in [1.165, 1.54) is 18.5 Å². The van der Waals surface area contributed by atoms with Crippen molar-refractivity contribution in [1.29, 1.82) is 0 Å². The highest BCUT2D eigenvalue weighted by molar-refractivity contribution is 5.76. The molecule has 1 fully saturated rings. The number of nitrogens with one attached hydrogen (secondary N) is 1. The standard InChI is InChI=1S/C14H23N3O/c1-3-15-10-13-6-5-9-16(13)11-14(18)17(4-2)12-7-8-12/h5-6,9,12,15H,3-4,7-8,10-11H2,1-2H3. The summed E-state index contributed by atoms with van der Waals surface area (Å²) >= 11 is 0. The first-order valence-corrected chi connectivity index (χ1v) is 6.90. The van der Waals surface area contributed by atoms with Crippen LogP contribution in [0.15, 0.2) is 18.3 Å². The summed E-state index contributed by atoms with van der Waals surface area (Å²) in [6.07, 6.45) is 4.34. The van der Waals surface area contributed by atoms with Crippen LogP contribution in [0.2, 0.25) is 0 Å². The molecule has 100 valence electrons. The maximum atomic E-state index is 12.2. The Hall–Kier alpha value is -1.29. The first-order valence-electron chi connectivity index (χ1n) is 6.90. The van der Waals surface area contributed by atoms with E-state index >= 15 is 0 Å². The van der Waals surface area contributed by atoms with Gasteiger partial charge in [0.1, 0.15) is 6.54 Å². The van der Waals surface area contributed by atoms with E-state index in [0.29, 0.717) is 12.6 Å². The maximum absolute atomic E-state index is 12.2. The summed E-state index contributed by atoms with van der Waals surface area (Å²) in [4.78, 5) is 14.2. The number of amides is 1. The minimum absolute atomic E-state index is 0.244. The molecule has 4 heteroatoms. The summed E-state index contributed by atoms with van der Waals surface area (Å²) in [5, 5.41) is 3.30. The van der Waals surface area contributed by atoms with Gasteiger partial charge in [-0.15, -0.1) is 0 Å². The molecule has 1 aromatic heterocycles. The average molecular weight is 249 g/mol. The Labute approximate surface area is 109 Å². The molecule has 4 nitrogen and oxygen atoms in total. The van der Waals surface area contributed by atoms with Crippen LogP contribution >= 0.6 is 0 Å². The van der Waals surface area contributed by atoms with Gasteiger partial charge in [0.25, 0.3) is 0 Å². The molecule has 0 bridgehead atoms. The molecule has 18 heavy (non-hydrogen) atoms. The smallest absolute Gasteiger partial charge is 0.242 e. The number of nitrogens with zero attached hydrogens (tertiary/aromatic N) is 2. The summed E-state index contributed by atoms with van der Waals surface area (Å²) in [6, 6.07) is 4.59. The first-order chi connectivity index (χ1) is 8.76. The van der Waals surface area contributed by atoms with Crippen molar-refractivity contribution in [3.8, 4) is 0 Å². The molecule has 0 radical (unpaired) electrons. The van der Waals surface area contributed by atoms with Crippen molar-refractivity contribution in [2.75, 3.05) is 13.1 Å². The fraction of sp³-hybridized carbons (Fsp3) is 0.643. The van der Waals surface area contributed by atoms with Crippen LogP contribution in [-0.2, 0) is 17.9 Å². The average Bonchev–Trinajstić information content (AvgIpc) is 3.09. The third kappa shape index (κ3) is 3.13. The third-order valence-corrected chi connectivity index (χ3v) is 3.43. The van der Waals surface area contributed by atoms with Crippen LogP contribution in [0.3, 0.4) is 0 Å². The predicted octanol–water partition coefficient (Wildman–Crippen LogP) is 1.61. The number of carbonyl (C=O) groups excluding carboxylic acids is 1. The zero-order chi connectivity index (χ0) is 13.0. The first kappa shape index (κ1) is 13.1. The number of hydrogen-bond acceptors (Lipinski definition) is 2. The van der Waals surface area contributed by atoms with Crippen LogP contribution in [0.5, 0.6) is 0 Å². The highest BCUT2D eigenvalue weighted by Crippen LogP contribution is 2.26. The molecule has 0 aromatic carbocycles. The van der Waals surface area contributed by atoms with Crippen LogP contribution in [0.1, 0.15) is 32.4 Å². The second kappa shape index (κ2) is 6.05. The third-order valence-electron chi connectivity index (χ3n) is 3.43. The molecule has 1 N–H and O–H groups in total. The Morgan fingerprint density at radius 1 is 1.50 bits per heavy atom. The van der Waals surface area contributed by atoms with Crippen molar-refractivity contribution < 1.29 is 4.79 Å². The zero-order valence-electron chi connectivity index (χ0n) is 11.4. The molecule has 1 aliphatic rings. The van der Waals surface area contributed by atoms with Crippen LogP contribution < -0.4 is 5.32 Å². The van der Waals surface area contributed by atoms with E-state index in [1.807, 2.05) is 17.2 Å². The van der Waals surface area contributed by atoms with E-state index < -0.39 is 0 Å². The van der Waals surface area contributed by atoms with Crippen molar-refractivity contribution in [2.45, 2.75) is 45.8 Å². The molecule has 0 atom stereocenters. The van der Waals surface area contributed by atoms with Gasteiger partial charge in [-0.3, -0.25) is 4.79 Å². The maximum Gasteiger partial charge on any atom is 0.242 e. The number of hydrogen-bond donors (Lipinski definition) is 1.